The Balaban J connectivity index is 0.00000231. The minimum absolute atomic E-state index is 0. The molecule has 31 heavy (non-hydrogen) atoms. The largest absolute Gasteiger partial charge is 0.478 e. The van der Waals surface area contributed by atoms with Gasteiger partial charge < -0.3 is 5.11 Å². The van der Waals surface area contributed by atoms with Crippen LogP contribution < -0.4 is 5.56 Å². The molecule has 2 aromatic carbocycles. The van der Waals surface area contributed by atoms with Crippen molar-refractivity contribution < 1.29 is 9.90 Å². The zero-order valence-electron chi connectivity index (χ0n) is 16.4. The second-order valence-corrected chi connectivity index (χ2v) is 6.97. The van der Waals surface area contributed by atoms with Gasteiger partial charge in [0.25, 0.3) is 5.56 Å². The zero-order chi connectivity index (χ0) is 20.8. The van der Waals surface area contributed by atoms with Crippen LogP contribution in [0.5, 0.6) is 0 Å². The minimum Gasteiger partial charge on any atom is -0.478 e. The molecule has 0 aliphatic rings. The summed E-state index contributed by atoms with van der Waals surface area (Å²) in [6, 6.07) is 14.0. The van der Waals surface area contributed by atoms with Crippen LogP contribution in [0.1, 0.15) is 28.9 Å². The van der Waals surface area contributed by atoms with E-state index in [1.54, 1.807) is 4.68 Å². The van der Waals surface area contributed by atoms with Gasteiger partial charge in [0.1, 0.15) is 5.52 Å². The Kier molecular flexibility index (Phi) is 5.07. The number of nitrogens with zero attached hydrogens (tertiary/aromatic N) is 5. The molecule has 0 amide bonds. The van der Waals surface area contributed by atoms with Gasteiger partial charge in [-0.15, -0.1) is 0 Å². The molecule has 0 unspecified atom stereocenters. The van der Waals surface area contributed by atoms with Crippen molar-refractivity contribution in [1.82, 2.24) is 29.5 Å². The number of hydrogen-bond donors (Lipinski definition) is 2. The van der Waals surface area contributed by atoms with E-state index in [-0.39, 0.29) is 36.6 Å². The van der Waals surface area contributed by atoms with Crippen molar-refractivity contribution in [2.75, 3.05) is 0 Å². The highest BCUT2D eigenvalue weighted by Crippen LogP contribution is 2.24. The van der Waals surface area contributed by atoms with Crippen LogP contribution in [0.3, 0.4) is 0 Å². The second kappa shape index (κ2) is 7.73. The second-order valence-electron chi connectivity index (χ2n) is 6.97. The maximum Gasteiger partial charge on any atom is 0.338 e. The Labute approximate surface area is 182 Å². The summed E-state index contributed by atoms with van der Waals surface area (Å²) in [7, 11) is 0. The molecule has 0 aliphatic heterocycles. The number of carboxylic acid groups (broad SMARTS) is 1. The quantitative estimate of drug-likeness (QED) is 0.449. The maximum atomic E-state index is 12.8. The molecule has 0 fully saturated rings. The van der Waals surface area contributed by atoms with Crippen molar-refractivity contribution in [3.8, 4) is 5.95 Å². The van der Waals surface area contributed by atoms with Crippen LogP contribution in [-0.4, -0.2) is 40.6 Å². The van der Waals surface area contributed by atoms with E-state index in [9.17, 15) is 9.59 Å². The number of carbonyl (C=O) groups is 1. The Morgan fingerprint density at radius 1 is 1.10 bits per heavy atom. The van der Waals surface area contributed by atoms with Crippen LogP contribution in [0.15, 0.2) is 65.8 Å². The first-order valence-corrected chi connectivity index (χ1v) is 9.26. The van der Waals surface area contributed by atoms with Crippen molar-refractivity contribution >= 4 is 41.3 Å². The van der Waals surface area contributed by atoms with Gasteiger partial charge >= 0.3 is 5.97 Å². The summed E-state index contributed by atoms with van der Waals surface area (Å²) in [5, 5.41) is 19.6. The Hall–Kier alpha value is -3.92. The molecular formula is C21H18N6O3S. The van der Waals surface area contributed by atoms with Gasteiger partial charge in [-0.2, -0.15) is 23.7 Å². The average Bonchev–Trinajstić information content (AvgIpc) is 3.40. The summed E-state index contributed by atoms with van der Waals surface area (Å²) < 4.78 is 2.86. The molecule has 3 aromatic heterocycles. The molecule has 0 spiro atoms. The molecule has 0 radical (unpaired) electrons. The van der Waals surface area contributed by atoms with Crippen LogP contribution in [0, 0.1) is 0 Å². The Bertz CT molecular complexity index is 1490. The topological polar surface area (TPSA) is 119 Å². The Morgan fingerprint density at radius 2 is 1.87 bits per heavy atom. The summed E-state index contributed by atoms with van der Waals surface area (Å²) in [6.07, 6.45) is 4.00. The maximum absolute atomic E-state index is 12.8. The first-order chi connectivity index (χ1) is 14.5. The number of H-pyrrole nitrogens is 1. The monoisotopic (exact) mass is 434 g/mol. The lowest BCUT2D eigenvalue weighted by Crippen LogP contribution is -2.18. The normalized spacial score (nSPS) is 12.0. The van der Waals surface area contributed by atoms with E-state index in [1.807, 2.05) is 43.3 Å². The number of aromatic carboxylic acids is 1. The van der Waals surface area contributed by atoms with Crippen LogP contribution >= 0.6 is 13.5 Å². The fourth-order valence-electron chi connectivity index (χ4n) is 3.52. The van der Waals surface area contributed by atoms with Crippen LogP contribution in [0.25, 0.3) is 27.8 Å². The lowest BCUT2D eigenvalue weighted by molar-refractivity contribution is 0.0697. The smallest absolute Gasteiger partial charge is 0.338 e. The fourth-order valence-corrected chi connectivity index (χ4v) is 3.52. The molecular weight excluding hydrogens is 416 g/mol. The third-order valence-corrected chi connectivity index (χ3v) is 5.11. The van der Waals surface area contributed by atoms with Crippen LogP contribution in [0.2, 0.25) is 0 Å². The van der Waals surface area contributed by atoms with E-state index < -0.39 is 5.97 Å². The molecule has 0 saturated heterocycles. The van der Waals surface area contributed by atoms with Crippen molar-refractivity contribution in [3.05, 3.63) is 82.5 Å². The number of hydrogen-bond acceptors (Lipinski definition) is 5. The number of aromatic nitrogens is 6. The highest BCUT2D eigenvalue weighted by molar-refractivity contribution is 7.59. The predicted molar refractivity (Wildman–Crippen MR) is 120 cm³/mol. The molecule has 1 atom stereocenters. The third kappa shape index (κ3) is 3.46. The highest BCUT2D eigenvalue weighted by Gasteiger charge is 2.18. The van der Waals surface area contributed by atoms with Gasteiger partial charge in [-0.05, 0) is 29.3 Å². The van der Waals surface area contributed by atoms with Gasteiger partial charge in [-0.1, -0.05) is 36.4 Å². The lowest BCUT2D eigenvalue weighted by atomic mass is 10.0. The van der Waals surface area contributed by atoms with Crippen molar-refractivity contribution in [3.63, 3.8) is 0 Å². The summed E-state index contributed by atoms with van der Waals surface area (Å²) in [5.41, 5.74) is 1.37. The van der Waals surface area contributed by atoms with E-state index in [0.29, 0.717) is 11.0 Å². The predicted octanol–water partition coefficient (Wildman–Crippen LogP) is 2.88. The average molecular weight is 434 g/mol. The number of aromatic amines is 1. The van der Waals surface area contributed by atoms with E-state index in [1.165, 1.54) is 23.3 Å². The van der Waals surface area contributed by atoms with E-state index in [0.717, 1.165) is 16.3 Å². The van der Waals surface area contributed by atoms with Gasteiger partial charge in [-0.3, -0.25) is 14.5 Å². The molecule has 3 heterocycles. The standard InChI is InChI=1S/C21H16N6O3.H2S/c1-12(14-7-6-13-4-2-3-5-15(13)8-14)27-18-17(10-23-27)24-21(25-19(18)28)26-11-16(9-22-26)20(29)30;/h2-12H,1H3,(H,29,30)(H,24,25,28);1H2/t12-;/m0./s1. The summed E-state index contributed by atoms with van der Waals surface area (Å²) >= 11 is 0. The number of fused-ring (bicyclic) bond motifs is 2. The molecule has 10 heteroatoms. The van der Waals surface area contributed by atoms with E-state index in [4.69, 9.17) is 5.11 Å². The van der Waals surface area contributed by atoms with Gasteiger partial charge in [0, 0.05) is 6.20 Å². The minimum atomic E-state index is -1.11. The van der Waals surface area contributed by atoms with Gasteiger partial charge in [0.15, 0.2) is 5.52 Å². The van der Waals surface area contributed by atoms with Crippen molar-refractivity contribution in [1.29, 1.82) is 0 Å². The van der Waals surface area contributed by atoms with Crippen molar-refractivity contribution in [2.45, 2.75) is 13.0 Å². The van der Waals surface area contributed by atoms with Gasteiger partial charge in [-0.25, -0.2) is 14.5 Å². The SMILES string of the molecule is C[C@@H](c1ccc2ccccc2c1)n1ncc2nc(-n3cc(C(=O)O)cn3)[nH]c(=O)c21.S. The molecule has 0 bridgehead atoms. The molecule has 5 aromatic rings. The van der Waals surface area contributed by atoms with Gasteiger partial charge in [0.2, 0.25) is 5.95 Å². The molecule has 9 nitrogen and oxygen atoms in total. The molecule has 0 aliphatic carbocycles. The summed E-state index contributed by atoms with van der Waals surface area (Å²) in [6.45, 7) is 1.97. The van der Waals surface area contributed by atoms with Crippen molar-refractivity contribution in [2.24, 2.45) is 0 Å². The lowest BCUT2D eigenvalue weighted by Gasteiger charge is -2.14. The molecule has 2 N–H and O–H groups in total. The number of nitrogens with one attached hydrogen (secondary N) is 1. The van der Waals surface area contributed by atoms with Crippen LogP contribution in [0.4, 0.5) is 0 Å². The third-order valence-electron chi connectivity index (χ3n) is 5.11. The molecule has 156 valence electrons. The van der Waals surface area contributed by atoms with E-state index in [2.05, 4.69) is 26.2 Å². The first kappa shape index (κ1) is 20.4. The molecule has 0 saturated carbocycles. The number of rotatable bonds is 4. The summed E-state index contributed by atoms with van der Waals surface area (Å²) in [5.74, 6) is -0.986. The highest BCUT2D eigenvalue weighted by atomic mass is 32.1. The fraction of sp³-hybridized carbons (Fsp3) is 0.0952. The number of carboxylic acids is 1. The van der Waals surface area contributed by atoms with Gasteiger partial charge in [0.05, 0.1) is 24.0 Å². The summed E-state index contributed by atoms with van der Waals surface area (Å²) in [4.78, 5) is 30.9. The molecule has 5 rings (SSSR count). The number of benzene rings is 2. The Morgan fingerprint density at radius 3 is 2.61 bits per heavy atom. The van der Waals surface area contributed by atoms with E-state index >= 15 is 0 Å². The first-order valence-electron chi connectivity index (χ1n) is 9.26. The van der Waals surface area contributed by atoms with Crippen LogP contribution in [-0.2, 0) is 0 Å². The zero-order valence-corrected chi connectivity index (χ0v) is 17.4.